The summed E-state index contributed by atoms with van der Waals surface area (Å²) in [7, 11) is 0. The molecule has 1 atom stereocenters. The van der Waals surface area contributed by atoms with E-state index in [0.29, 0.717) is 6.10 Å². The van der Waals surface area contributed by atoms with Gasteiger partial charge < -0.3 is 4.74 Å². The molecule has 0 spiro atoms. The molecule has 0 amide bonds. The molecule has 0 aromatic rings. The van der Waals surface area contributed by atoms with Crippen molar-refractivity contribution in [1.82, 2.24) is 0 Å². The van der Waals surface area contributed by atoms with Crippen molar-refractivity contribution in [2.45, 2.75) is 76.7 Å². The minimum Gasteiger partial charge on any atom is -0.495 e. The van der Waals surface area contributed by atoms with Gasteiger partial charge in [-0.15, -0.1) is 0 Å². The third-order valence-corrected chi connectivity index (χ3v) is 3.63. The summed E-state index contributed by atoms with van der Waals surface area (Å²) in [6, 6.07) is 0. The predicted molar refractivity (Wildman–Crippen MR) is 63.7 cm³/mol. The summed E-state index contributed by atoms with van der Waals surface area (Å²) >= 11 is 0. The summed E-state index contributed by atoms with van der Waals surface area (Å²) < 4.78 is 5.94. The highest BCUT2D eigenvalue weighted by Crippen LogP contribution is 2.27. The van der Waals surface area contributed by atoms with E-state index in [1.54, 1.807) is 0 Å². The van der Waals surface area contributed by atoms with E-state index in [2.05, 4.69) is 6.08 Å². The maximum absolute atomic E-state index is 5.94. The van der Waals surface area contributed by atoms with Gasteiger partial charge in [-0.2, -0.15) is 0 Å². The van der Waals surface area contributed by atoms with Crippen LogP contribution in [0.4, 0.5) is 0 Å². The maximum atomic E-state index is 5.94. The minimum atomic E-state index is 0.553. The first-order chi connectivity index (χ1) is 7.45. The van der Waals surface area contributed by atoms with Crippen LogP contribution in [0.25, 0.3) is 0 Å². The second-order valence-corrected chi connectivity index (χ2v) is 5.00. The Labute approximate surface area is 93.9 Å². The largest absolute Gasteiger partial charge is 0.495 e. The van der Waals surface area contributed by atoms with Crippen LogP contribution in [0.15, 0.2) is 11.8 Å². The molecule has 86 valence electrons. The minimum absolute atomic E-state index is 0.553. The Morgan fingerprint density at radius 3 is 2.47 bits per heavy atom. The van der Waals surface area contributed by atoms with Gasteiger partial charge in [0, 0.05) is 6.42 Å². The monoisotopic (exact) mass is 208 g/mol. The van der Waals surface area contributed by atoms with Crippen LogP contribution in [0.2, 0.25) is 0 Å². The SMILES string of the molecule is C1=C2/CCC(CCCCCCCCC/1)O2. The van der Waals surface area contributed by atoms with Crippen LogP contribution >= 0.6 is 0 Å². The van der Waals surface area contributed by atoms with Crippen molar-refractivity contribution >= 4 is 0 Å². The Bertz CT molecular complexity index is 207. The fourth-order valence-electron chi connectivity index (χ4n) is 2.65. The van der Waals surface area contributed by atoms with Crippen LogP contribution in [-0.2, 0) is 4.74 Å². The van der Waals surface area contributed by atoms with Crippen LogP contribution in [-0.4, -0.2) is 6.10 Å². The number of fused-ring (bicyclic) bond motifs is 2. The van der Waals surface area contributed by atoms with Crippen LogP contribution in [0.3, 0.4) is 0 Å². The van der Waals surface area contributed by atoms with Gasteiger partial charge in [0.25, 0.3) is 0 Å². The second kappa shape index (κ2) is 6.19. The Kier molecular flexibility index (Phi) is 4.56. The van der Waals surface area contributed by atoms with Crippen LogP contribution < -0.4 is 0 Å². The molecule has 2 aliphatic heterocycles. The highest BCUT2D eigenvalue weighted by Gasteiger charge is 2.19. The van der Waals surface area contributed by atoms with Crippen molar-refractivity contribution in [2.24, 2.45) is 0 Å². The van der Waals surface area contributed by atoms with Crippen LogP contribution in [0, 0.1) is 0 Å². The van der Waals surface area contributed by atoms with E-state index in [-0.39, 0.29) is 0 Å². The van der Waals surface area contributed by atoms with E-state index < -0.39 is 0 Å². The van der Waals surface area contributed by atoms with Gasteiger partial charge in [-0.3, -0.25) is 0 Å². The van der Waals surface area contributed by atoms with Crippen molar-refractivity contribution in [3.63, 3.8) is 0 Å². The molecule has 1 unspecified atom stereocenters. The molecule has 2 rings (SSSR count). The first-order valence-electron chi connectivity index (χ1n) is 6.81. The van der Waals surface area contributed by atoms with E-state index in [4.69, 9.17) is 4.74 Å². The second-order valence-electron chi connectivity index (χ2n) is 5.00. The molecule has 2 aliphatic rings. The highest BCUT2D eigenvalue weighted by molar-refractivity contribution is 4.98. The number of rotatable bonds is 0. The highest BCUT2D eigenvalue weighted by atomic mass is 16.5. The summed E-state index contributed by atoms with van der Waals surface area (Å²) in [4.78, 5) is 0. The van der Waals surface area contributed by atoms with Gasteiger partial charge in [0.15, 0.2) is 0 Å². The van der Waals surface area contributed by atoms with Crippen LogP contribution in [0.5, 0.6) is 0 Å². The third kappa shape index (κ3) is 3.89. The van der Waals surface area contributed by atoms with E-state index in [1.165, 1.54) is 76.4 Å². The van der Waals surface area contributed by atoms with E-state index in [1.807, 2.05) is 0 Å². The summed E-state index contributed by atoms with van der Waals surface area (Å²) in [5, 5.41) is 0. The topological polar surface area (TPSA) is 9.23 Å². The molecule has 1 saturated heterocycles. The van der Waals surface area contributed by atoms with Gasteiger partial charge in [-0.25, -0.2) is 0 Å². The lowest BCUT2D eigenvalue weighted by Crippen LogP contribution is -2.03. The first-order valence-corrected chi connectivity index (χ1v) is 6.81. The van der Waals surface area contributed by atoms with Gasteiger partial charge >= 0.3 is 0 Å². The van der Waals surface area contributed by atoms with Gasteiger partial charge in [-0.05, 0) is 38.2 Å². The Hall–Kier alpha value is -0.460. The average molecular weight is 208 g/mol. The van der Waals surface area contributed by atoms with Gasteiger partial charge in [0.1, 0.15) is 0 Å². The summed E-state index contributed by atoms with van der Waals surface area (Å²) in [6.07, 6.45) is 17.8. The lowest BCUT2D eigenvalue weighted by molar-refractivity contribution is 0.148. The molecular weight excluding hydrogens is 184 g/mol. The van der Waals surface area contributed by atoms with Gasteiger partial charge in [0.2, 0.25) is 0 Å². The molecule has 0 N–H and O–H groups in total. The lowest BCUT2D eigenvalue weighted by atomic mass is 10.0. The number of hydrogen-bond donors (Lipinski definition) is 0. The molecule has 0 aromatic carbocycles. The van der Waals surface area contributed by atoms with Gasteiger partial charge in [0.05, 0.1) is 11.9 Å². The van der Waals surface area contributed by atoms with Crippen LogP contribution in [0.1, 0.15) is 70.6 Å². The lowest BCUT2D eigenvalue weighted by Gasteiger charge is -2.09. The molecule has 2 bridgehead atoms. The standard InChI is InChI=1S/C14H24O/c1-2-4-6-8-10-14-12-11-13(15-14)9-7-5-3-1/h9,14H,1-8,10-12H2/b13-9-. The molecule has 2 heterocycles. The smallest absolute Gasteiger partial charge is 0.0986 e. The molecule has 0 saturated carbocycles. The molecule has 0 aromatic heterocycles. The zero-order valence-corrected chi connectivity index (χ0v) is 9.84. The van der Waals surface area contributed by atoms with E-state index in [9.17, 15) is 0 Å². The molecule has 1 fully saturated rings. The molecule has 1 nitrogen and oxygen atoms in total. The fourth-order valence-corrected chi connectivity index (χ4v) is 2.65. The number of ether oxygens (including phenoxy) is 1. The summed E-state index contributed by atoms with van der Waals surface area (Å²) in [5.74, 6) is 1.29. The molecule has 1 heteroatoms. The zero-order valence-electron chi connectivity index (χ0n) is 9.84. The third-order valence-electron chi connectivity index (χ3n) is 3.63. The van der Waals surface area contributed by atoms with E-state index in [0.717, 1.165) is 0 Å². The molecule has 0 radical (unpaired) electrons. The Morgan fingerprint density at radius 2 is 1.60 bits per heavy atom. The van der Waals surface area contributed by atoms with E-state index >= 15 is 0 Å². The molecule has 0 aliphatic carbocycles. The Morgan fingerprint density at radius 1 is 0.867 bits per heavy atom. The summed E-state index contributed by atoms with van der Waals surface area (Å²) in [5.41, 5.74) is 0. The van der Waals surface area contributed by atoms with Gasteiger partial charge in [-0.1, -0.05) is 32.1 Å². The number of allylic oxidation sites excluding steroid dienone is 2. The predicted octanol–water partition coefficient (Wildman–Crippen LogP) is 4.57. The molecule has 15 heavy (non-hydrogen) atoms. The first kappa shape index (κ1) is 11.0. The Balaban J connectivity index is 1.81. The van der Waals surface area contributed by atoms with Crippen molar-refractivity contribution in [3.8, 4) is 0 Å². The zero-order chi connectivity index (χ0) is 10.3. The maximum Gasteiger partial charge on any atom is 0.0986 e. The quantitative estimate of drug-likeness (QED) is 0.566. The fraction of sp³-hybridized carbons (Fsp3) is 0.857. The van der Waals surface area contributed by atoms with Crippen molar-refractivity contribution in [3.05, 3.63) is 11.8 Å². The summed E-state index contributed by atoms with van der Waals surface area (Å²) in [6.45, 7) is 0. The van der Waals surface area contributed by atoms with Crippen molar-refractivity contribution in [2.75, 3.05) is 0 Å². The number of hydrogen-bond acceptors (Lipinski definition) is 1. The average Bonchev–Trinajstić information content (AvgIpc) is 2.69. The van der Waals surface area contributed by atoms with Crippen molar-refractivity contribution in [1.29, 1.82) is 0 Å². The normalized spacial score (nSPS) is 32.8. The van der Waals surface area contributed by atoms with Crippen molar-refractivity contribution < 1.29 is 4.74 Å². The molecular formula is C14H24O.